The van der Waals surface area contributed by atoms with E-state index in [0.29, 0.717) is 23.8 Å². The van der Waals surface area contributed by atoms with E-state index in [1.807, 2.05) is 6.26 Å². The van der Waals surface area contributed by atoms with Gasteiger partial charge in [-0.2, -0.15) is 11.8 Å². The van der Waals surface area contributed by atoms with Crippen LogP contribution in [0, 0.1) is 16.0 Å². The van der Waals surface area contributed by atoms with Crippen molar-refractivity contribution in [2.45, 2.75) is 6.92 Å². The summed E-state index contributed by atoms with van der Waals surface area (Å²) in [5, 5.41) is 14.1. The van der Waals surface area contributed by atoms with Gasteiger partial charge in [-0.1, -0.05) is 13.0 Å². The van der Waals surface area contributed by atoms with Gasteiger partial charge >= 0.3 is 5.69 Å². The van der Waals surface area contributed by atoms with Crippen LogP contribution in [0.15, 0.2) is 18.2 Å². The van der Waals surface area contributed by atoms with Crippen molar-refractivity contribution in [1.29, 1.82) is 0 Å². The average molecular weight is 270 g/mol. The van der Waals surface area contributed by atoms with Crippen LogP contribution < -0.4 is 16.6 Å². The Morgan fingerprint density at radius 1 is 1.50 bits per heavy atom. The zero-order chi connectivity index (χ0) is 13.5. The largest absolute Gasteiger partial charge is 0.379 e. The predicted octanol–water partition coefficient (Wildman–Crippen LogP) is 2.29. The van der Waals surface area contributed by atoms with Crippen molar-refractivity contribution >= 4 is 28.8 Å². The van der Waals surface area contributed by atoms with Crippen LogP contribution in [0.2, 0.25) is 0 Å². The second-order valence-corrected chi connectivity index (χ2v) is 4.96. The summed E-state index contributed by atoms with van der Waals surface area (Å²) in [5.41, 5.74) is 3.12. The Balaban J connectivity index is 2.85. The van der Waals surface area contributed by atoms with Gasteiger partial charge in [-0.05, 0) is 30.1 Å². The minimum Gasteiger partial charge on any atom is -0.379 e. The topological polar surface area (TPSA) is 93.2 Å². The number of nitrogens with one attached hydrogen (secondary N) is 2. The molecule has 7 heteroatoms. The number of hydrogen-bond donors (Lipinski definition) is 3. The Morgan fingerprint density at radius 3 is 2.72 bits per heavy atom. The molecule has 1 aromatic carbocycles. The molecular weight excluding hydrogens is 252 g/mol. The van der Waals surface area contributed by atoms with Crippen molar-refractivity contribution in [3.8, 4) is 0 Å². The maximum atomic E-state index is 11.0. The summed E-state index contributed by atoms with van der Waals surface area (Å²) in [4.78, 5) is 10.6. The maximum Gasteiger partial charge on any atom is 0.316 e. The number of nitro benzene ring substituents is 1. The number of nitrogen functional groups attached to an aromatic ring is 1. The van der Waals surface area contributed by atoms with Gasteiger partial charge in [-0.25, -0.2) is 0 Å². The fraction of sp³-hybridized carbons (Fsp3) is 0.455. The molecule has 0 saturated heterocycles. The molecule has 100 valence electrons. The molecule has 0 aliphatic carbocycles. The van der Waals surface area contributed by atoms with E-state index in [4.69, 9.17) is 5.84 Å². The summed E-state index contributed by atoms with van der Waals surface area (Å²) >= 11 is 1.76. The van der Waals surface area contributed by atoms with Crippen LogP contribution in [0.5, 0.6) is 0 Å². The first-order chi connectivity index (χ1) is 8.60. The first-order valence-electron chi connectivity index (χ1n) is 5.57. The molecule has 6 nitrogen and oxygen atoms in total. The molecule has 4 N–H and O–H groups in total. The van der Waals surface area contributed by atoms with E-state index in [-0.39, 0.29) is 5.69 Å². The van der Waals surface area contributed by atoms with Gasteiger partial charge in [0.25, 0.3) is 0 Å². The van der Waals surface area contributed by atoms with Crippen molar-refractivity contribution in [1.82, 2.24) is 0 Å². The van der Waals surface area contributed by atoms with Crippen LogP contribution in [-0.2, 0) is 0 Å². The number of hydrazine groups is 1. The molecular formula is C11H18N4O2S. The van der Waals surface area contributed by atoms with Crippen LogP contribution in [0.3, 0.4) is 0 Å². The molecule has 0 fully saturated rings. The number of hydrogen-bond acceptors (Lipinski definition) is 6. The van der Waals surface area contributed by atoms with Gasteiger partial charge in [0.2, 0.25) is 0 Å². The quantitative estimate of drug-likeness (QED) is 0.400. The fourth-order valence-electron chi connectivity index (χ4n) is 1.63. The molecule has 0 radical (unpaired) electrons. The minimum atomic E-state index is -0.434. The van der Waals surface area contributed by atoms with E-state index in [1.54, 1.807) is 30.0 Å². The van der Waals surface area contributed by atoms with Crippen LogP contribution >= 0.6 is 11.8 Å². The second kappa shape index (κ2) is 7.07. The molecule has 18 heavy (non-hydrogen) atoms. The zero-order valence-corrected chi connectivity index (χ0v) is 11.3. The molecule has 1 atom stereocenters. The predicted molar refractivity (Wildman–Crippen MR) is 76.9 cm³/mol. The molecule has 0 aromatic heterocycles. The van der Waals surface area contributed by atoms with Crippen molar-refractivity contribution in [2.24, 2.45) is 11.8 Å². The Labute approximate surface area is 110 Å². The van der Waals surface area contributed by atoms with Crippen molar-refractivity contribution in [3.63, 3.8) is 0 Å². The lowest BCUT2D eigenvalue weighted by Gasteiger charge is -2.13. The first kappa shape index (κ1) is 14.6. The lowest BCUT2D eigenvalue weighted by atomic mass is 10.2. The molecule has 0 bridgehead atoms. The monoisotopic (exact) mass is 270 g/mol. The van der Waals surface area contributed by atoms with Crippen molar-refractivity contribution < 1.29 is 4.92 Å². The number of rotatable bonds is 7. The number of thioether (sulfide) groups is 1. The lowest BCUT2D eigenvalue weighted by molar-refractivity contribution is -0.383. The molecule has 0 amide bonds. The zero-order valence-electron chi connectivity index (χ0n) is 10.5. The van der Waals surface area contributed by atoms with Crippen LogP contribution in [-0.4, -0.2) is 23.5 Å². The third-order valence-electron chi connectivity index (χ3n) is 2.47. The number of benzene rings is 1. The number of anilines is 2. The fourth-order valence-corrected chi connectivity index (χ4v) is 2.31. The minimum absolute atomic E-state index is 0.0173. The van der Waals surface area contributed by atoms with Gasteiger partial charge in [0, 0.05) is 6.54 Å². The third kappa shape index (κ3) is 3.78. The van der Waals surface area contributed by atoms with E-state index < -0.39 is 4.92 Å². The summed E-state index contributed by atoms with van der Waals surface area (Å²) in [6.45, 7) is 2.79. The number of nitro groups is 1. The van der Waals surface area contributed by atoms with Crippen LogP contribution in [0.1, 0.15) is 6.92 Å². The number of nitrogens with zero attached hydrogens (tertiary/aromatic N) is 1. The molecule has 0 spiro atoms. The standard InChI is InChI=1S/C11H18N4O2S/c1-8(7-18-2)6-13-9-4-3-5-10(14-12)11(9)15(16)17/h3-5,8,13-14H,6-7,12H2,1-2H3. The number of para-hydroxylation sites is 1. The van der Waals surface area contributed by atoms with E-state index >= 15 is 0 Å². The Kier molecular flexibility index (Phi) is 5.73. The SMILES string of the molecule is CSCC(C)CNc1cccc(NN)c1[N+](=O)[O-]. The highest BCUT2D eigenvalue weighted by Crippen LogP contribution is 2.32. The maximum absolute atomic E-state index is 11.0. The van der Waals surface area contributed by atoms with Gasteiger partial charge in [0.1, 0.15) is 11.4 Å². The summed E-state index contributed by atoms with van der Waals surface area (Å²) in [7, 11) is 0. The normalized spacial score (nSPS) is 11.9. The Hall–Kier alpha value is -1.47. The van der Waals surface area contributed by atoms with Gasteiger partial charge in [0.05, 0.1) is 4.92 Å². The molecule has 0 aliphatic heterocycles. The molecule has 0 aliphatic rings. The van der Waals surface area contributed by atoms with Gasteiger partial charge in [0.15, 0.2) is 0 Å². The van der Waals surface area contributed by atoms with Gasteiger partial charge in [-0.15, -0.1) is 0 Å². The van der Waals surface area contributed by atoms with Gasteiger partial charge in [-0.3, -0.25) is 16.0 Å². The lowest BCUT2D eigenvalue weighted by Crippen LogP contribution is -2.15. The summed E-state index contributed by atoms with van der Waals surface area (Å²) < 4.78 is 0. The van der Waals surface area contributed by atoms with Crippen LogP contribution in [0.25, 0.3) is 0 Å². The average Bonchev–Trinajstić information content (AvgIpc) is 2.35. The molecule has 1 aromatic rings. The van der Waals surface area contributed by atoms with E-state index in [0.717, 1.165) is 5.75 Å². The molecule has 1 rings (SSSR count). The van der Waals surface area contributed by atoms with Crippen molar-refractivity contribution in [2.75, 3.05) is 29.3 Å². The van der Waals surface area contributed by atoms with E-state index in [2.05, 4.69) is 17.7 Å². The highest BCUT2D eigenvalue weighted by Gasteiger charge is 2.19. The molecule has 1 unspecified atom stereocenters. The van der Waals surface area contributed by atoms with Crippen molar-refractivity contribution in [3.05, 3.63) is 28.3 Å². The van der Waals surface area contributed by atoms with E-state index in [1.165, 1.54) is 0 Å². The summed E-state index contributed by atoms with van der Waals surface area (Å²) in [5.74, 6) is 6.72. The highest BCUT2D eigenvalue weighted by molar-refractivity contribution is 7.98. The Bertz CT molecular complexity index is 414. The molecule has 0 heterocycles. The second-order valence-electron chi connectivity index (χ2n) is 4.04. The third-order valence-corrected chi connectivity index (χ3v) is 3.37. The van der Waals surface area contributed by atoms with E-state index in [9.17, 15) is 10.1 Å². The summed E-state index contributed by atoms with van der Waals surface area (Å²) in [6, 6.07) is 4.99. The first-order valence-corrected chi connectivity index (χ1v) is 6.96. The highest BCUT2D eigenvalue weighted by atomic mass is 32.2. The summed E-state index contributed by atoms with van der Waals surface area (Å²) in [6.07, 6.45) is 2.04. The Morgan fingerprint density at radius 2 is 2.17 bits per heavy atom. The van der Waals surface area contributed by atoms with Gasteiger partial charge < -0.3 is 10.7 Å². The number of nitrogens with two attached hydrogens (primary N) is 1. The smallest absolute Gasteiger partial charge is 0.316 e. The molecule has 0 saturated carbocycles. The van der Waals surface area contributed by atoms with Crippen LogP contribution in [0.4, 0.5) is 17.1 Å².